The molecule has 0 aliphatic carbocycles. The van der Waals surface area contributed by atoms with Crippen molar-refractivity contribution in [2.75, 3.05) is 12.3 Å². The number of nitrogens with two attached hydrogens (primary N) is 1. The lowest BCUT2D eigenvalue weighted by molar-refractivity contribution is -0.140. The molecule has 1 aromatic rings. The topological polar surface area (TPSA) is 63.4 Å². The van der Waals surface area contributed by atoms with Gasteiger partial charge in [-0.25, -0.2) is 0 Å². The Labute approximate surface area is 119 Å². The van der Waals surface area contributed by atoms with E-state index < -0.39 is 5.41 Å². The predicted octanol–water partition coefficient (Wildman–Crippen LogP) is 2.48. The maximum Gasteiger partial charge on any atom is 0.240 e. The van der Waals surface area contributed by atoms with Crippen molar-refractivity contribution < 1.29 is 9.59 Å². The Bertz CT molecular complexity index is 510. The first-order chi connectivity index (χ1) is 9.55. The van der Waals surface area contributed by atoms with Gasteiger partial charge in [-0.1, -0.05) is 32.4 Å². The summed E-state index contributed by atoms with van der Waals surface area (Å²) < 4.78 is 0. The highest BCUT2D eigenvalue weighted by Crippen LogP contribution is 2.40. The number of anilines is 1. The number of nitrogen functional groups attached to an aromatic ring is 1. The lowest BCUT2D eigenvalue weighted by Crippen LogP contribution is -2.38. The zero-order valence-corrected chi connectivity index (χ0v) is 12.2. The van der Waals surface area contributed by atoms with E-state index in [9.17, 15) is 9.59 Å². The van der Waals surface area contributed by atoms with Crippen LogP contribution in [0.5, 0.6) is 0 Å². The van der Waals surface area contributed by atoms with Crippen LogP contribution in [0.2, 0.25) is 0 Å². The van der Waals surface area contributed by atoms with Gasteiger partial charge in [-0.15, -0.1) is 0 Å². The third kappa shape index (κ3) is 2.30. The summed E-state index contributed by atoms with van der Waals surface area (Å²) in [6.45, 7) is 4.53. The van der Waals surface area contributed by atoms with Crippen molar-refractivity contribution in [2.45, 2.75) is 44.9 Å². The first-order valence-electron chi connectivity index (χ1n) is 7.26. The standard InChI is InChI=1S/C16H22N2O2/c1-3-9-16(12-5-7-13(17)8-6-12)11-14(19)18(10-4-2)15(16)20/h5-8H,3-4,9-11,17H2,1-2H3. The molecule has 0 bridgehead atoms. The van der Waals surface area contributed by atoms with Crippen LogP contribution >= 0.6 is 0 Å². The minimum atomic E-state index is -0.686. The largest absolute Gasteiger partial charge is 0.399 e. The fourth-order valence-electron chi connectivity index (χ4n) is 3.04. The molecule has 2 N–H and O–H groups in total. The zero-order chi connectivity index (χ0) is 14.8. The molecule has 1 aromatic carbocycles. The molecule has 1 unspecified atom stereocenters. The normalized spacial score (nSPS) is 22.6. The number of benzene rings is 1. The van der Waals surface area contributed by atoms with Crippen molar-refractivity contribution in [3.8, 4) is 0 Å². The molecule has 0 spiro atoms. The van der Waals surface area contributed by atoms with Crippen LogP contribution in [-0.4, -0.2) is 23.3 Å². The minimum absolute atomic E-state index is 0.0454. The summed E-state index contributed by atoms with van der Waals surface area (Å²) in [5, 5.41) is 0. The molecule has 2 rings (SSSR count). The van der Waals surface area contributed by atoms with Gasteiger partial charge in [0.1, 0.15) is 0 Å². The maximum absolute atomic E-state index is 12.8. The van der Waals surface area contributed by atoms with Gasteiger partial charge in [0.15, 0.2) is 0 Å². The molecule has 1 heterocycles. The first-order valence-corrected chi connectivity index (χ1v) is 7.26. The smallest absolute Gasteiger partial charge is 0.240 e. The Balaban J connectivity index is 2.43. The van der Waals surface area contributed by atoms with Crippen molar-refractivity contribution in [2.24, 2.45) is 0 Å². The summed E-state index contributed by atoms with van der Waals surface area (Å²) in [5.74, 6) is -0.0990. The molecule has 4 nitrogen and oxygen atoms in total. The summed E-state index contributed by atoms with van der Waals surface area (Å²) in [5.41, 5.74) is 6.61. The number of hydrogen-bond donors (Lipinski definition) is 1. The second kappa shape index (κ2) is 5.65. The van der Waals surface area contributed by atoms with Crippen LogP contribution in [0.3, 0.4) is 0 Å². The molecule has 1 aliphatic heterocycles. The molecule has 1 atom stereocenters. The number of likely N-dealkylation sites (tertiary alicyclic amines) is 1. The molecule has 108 valence electrons. The van der Waals surface area contributed by atoms with E-state index in [1.807, 2.05) is 26.0 Å². The number of imide groups is 1. The van der Waals surface area contributed by atoms with Crippen molar-refractivity contribution in [1.82, 2.24) is 4.90 Å². The second-order valence-electron chi connectivity index (χ2n) is 5.48. The van der Waals surface area contributed by atoms with Gasteiger partial charge in [0.2, 0.25) is 11.8 Å². The molecule has 4 heteroatoms. The molecule has 0 saturated carbocycles. The van der Waals surface area contributed by atoms with Crippen molar-refractivity contribution >= 4 is 17.5 Å². The van der Waals surface area contributed by atoms with Gasteiger partial charge >= 0.3 is 0 Å². The van der Waals surface area contributed by atoms with Crippen LogP contribution < -0.4 is 5.73 Å². The maximum atomic E-state index is 12.8. The third-order valence-electron chi connectivity index (χ3n) is 4.00. The lowest BCUT2D eigenvalue weighted by Gasteiger charge is -2.27. The van der Waals surface area contributed by atoms with E-state index in [-0.39, 0.29) is 18.2 Å². The van der Waals surface area contributed by atoms with Crippen molar-refractivity contribution in [3.05, 3.63) is 29.8 Å². The van der Waals surface area contributed by atoms with Crippen LogP contribution in [0.25, 0.3) is 0 Å². The van der Waals surface area contributed by atoms with Crippen LogP contribution in [-0.2, 0) is 15.0 Å². The van der Waals surface area contributed by atoms with E-state index in [2.05, 4.69) is 0 Å². The number of carbonyl (C=O) groups excluding carboxylic acids is 2. The molecule has 1 aliphatic rings. The lowest BCUT2D eigenvalue weighted by atomic mass is 9.75. The third-order valence-corrected chi connectivity index (χ3v) is 4.00. The van der Waals surface area contributed by atoms with E-state index in [0.29, 0.717) is 18.7 Å². The molecule has 20 heavy (non-hydrogen) atoms. The van der Waals surface area contributed by atoms with Crippen LogP contribution in [0, 0.1) is 0 Å². The Hall–Kier alpha value is -1.84. The van der Waals surface area contributed by atoms with Crippen LogP contribution in [0.1, 0.15) is 45.1 Å². The van der Waals surface area contributed by atoms with E-state index >= 15 is 0 Å². The number of hydrogen-bond acceptors (Lipinski definition) is 3. The van der Waals surface area contributed by atoms with E-state index in [4.69, 9.17) is 5.73 Å². The van der Waals surface area contributed by atoms with Gasteiger partial charge in [0.25, 0.3) is 0 Å². The summed E-state index contributed by atoms with van der Waals surface area (Å²) in [6, 6.07) is 7.36. The number of carbonyl (C=O) groups is 2. The highest BCUT2D eigenvalue weighted by atomic mass is 16.2. The van der Waals surface area contributed by atoms with Gasteiger partial charge < -0.3 is 5.73 Å². The molecule has 1 saturated heterocycles. The van der Waals surface area contributed by atoms with E-state index in [0.717, 1.165) is 18.4 Å². The SMILES string of the molecule is CCCN1C(=O)CC(CCC)(c2ccc(N)cc2)C1=O. The van der Waals surface area contributed by atoms with Crippen molar-refractivity contribution in [1.29, 1.82) is 0 Å². The average Bonchev–Trinajstić information content (AvgIpc) is 2.66. The molecular weight excluding hydrogens is 252 g/mol. The minimum Gasteiger partial charge on any atom is -0.399 e. The van der Waals surface area contributed by atoms with Gasteiger partial charge in [0.05, 0.1) is 5.41 Å². The van der Waals surface area contributed by atoms with E-state index in [1.54, 1.807) is 12.1 Å². The molecular formula is C16H22N2O2. The fraction of sp³-hybridized carbons (Fsp3) is 0.500. The number of amides is 2. The predicted molar refractivity (Wildman–Crippen MR) is 79.1 cm³/mol. The Morgan fingerprint density at radius 1 is 1.15 bits per heavy atom. The number of rotatable bonds is 5. The Morgan fingerprint density at radius 2 is 1.80 bits per heavy atom. The fourth-order valence-corrected chi connectivity index (χ4v) is 3.04. The van der Waals surface area contributed by atoms with Gasteiger partial charge in [-0.2, -0.15) is 0 Å². The zero-order valence-electron chi connectivity index (χ0n) is 12.2. The number of nitrogens with zero attached hydrogens (tertiary/aromatic N) is 1. The van der Waals surface area contributed by atoms with Crippen LogP contribution in [0.15, 0.2) is 24.3 Å². The summed E-state index contributed by atoms with van der Waals surface area (Å²) in [7, 11) is 0. The van der Waals surface area contributed by atoms with Gasteiger partial charge in [-0.3, -0.25) is 14.5 Å². The second-order valence-corrected chi connectivity index (χ2v) is 5.48. The van der Waals surface area contributed by atoms with Crippen LogP contribution in [0.4, 0.5) is 5.69 Å². The van der Waals surface area contributed by atoms with Gasteiger partial charge in [-0.05, 0) is 30.5 Å². The van der Waals surface area contributed by atoms with Gasteiger partial charge in [0, 0.05) is 18.7 Å². The average molecular weight is 274 g/mol. The monoisotopic (exact) mass is 274 g/mol. The summed E-state index contributed by atoms with van der Waals surface area (Å²) >= 11 is 0. The summed E-state index contributed by atoms with van der Waals surface area (Å²) in [6.07, 6.45) is 2.64. The first kappa shape index (κ1) is 14.6. The molecule has 1 fully saturated rings. The molecule has 2 amide bonds. The van der Waals surface area contributed by atoms with Crippen molar-refractivity contribution in [3.63, 3.8) is 0 Å². The summed E-state index contributed by atoms with van der Waals surface area (Å²) in [4.78, 5) is 26.4. The Kier molecular flexibility index (Phi) is 4.12. The van der Waals surface area contributed by atoms with E-state index in [1.165, 1.54) is 4.90 Å². The molecule has 0 aromatic heterocycles. The Morgan fingerprint density at radius 3 is 2.35 bits per heavy atom. The quantitative estimate of drug-likeness (QED) is 0.662. The highest BCUT2D eigenvalue weighted by Gasteiger charge is 2.51. The highest BCUT2D eigenvalue weighted by molar-refractivity contribution is 6.09. The molecule has 0 radical (unpaired) electrons.